The predicted molar refractivity (Wildman–Crippen MR) is 90.6 cm³/mol. The second-order valence-electron chi connectivity index (χ2n) is 5.14. The predicted octanol–water partition coefficient (Wildman–Crippen LogP) is 2.03. The lowest BCUT2D eigenvalue weighted by atomic mass is 10.2. The Balaban J connectivity index is 3.09. The molecule has 0 radical (unpaired) electrons. The number of hydrogen-bond acceptors (Lipinski definition) is 4. The highest BCUT2D eigenvalue weighted by atomic mass is 35.5. The first kappa shape index (κ1) is 20.7. The number of halogens is 2. The van der Waals surface area contributed by atoms with E-state index in [1.807, 2.05) is 0 Å². The van der Waals surface area contributed by atoms with Crippen molar-refractivity contribution in [2.45, 2.75) is 31.1 Å². The van der Waals surface area contributed by atoms with Crippen molar-refractivity contribution in [1.29, 1.82) is 0 Å². The molecule has 3 N–H and O–H groups in total. The Bertz CT molecular complexity index is 737. The summed E-state index contributed by atoms with van der Waals surface area (Å²) < 4.78 is 26.4. The van der Waals surface area contributed by atoms with Crippen LogP contribution in [0.25, 0.3) is 0 Å². The molecule has 1 aromatic carbocycles. The van der Waals surface area contributed by atoms with E-state index in [0.717, 1.165) is 4.31 Å². The van der Waals surface area contributed by atoms with Crippen LogP contribution in [0.1, 0.15) is 24.8 Å². The highest BCUT2D eigenvalue weighted by Crippen LogP contribution is 2.32. The largest absolute Gasteiger partial charge is 0.481 e. The van der Waals surface area contributed by atoms with Crippen LogP contribution in [0, 0.1) is 6.92 Å². The highest BCUT2D eigenvalue weighted by molar-refractivity contribution is 7.89. The zero-order chi connectivity index (χ0) is 18.5. The van der Waals surface area contributed by atoms with Crippen LogP contribution in [-0.2, 0) is 19.6 Å². The van der Waals surface area contributed by atoms with Crippen molar-refractivity contribution < 1.29 is 23.1 Å². The molecule has 0 aliphatic carbocycles. The van der Waals surface area contributed by atoms with Gasteiger partial charge in [-0.15, -0.1) is 0 Å². The molecule has 1 aromatic rings. The van der Waals surface area contributed by atoms with E-state index in [-0.39, 0.29) is 35.7 Å². The molecule has 0 bridgehead atoms. The maximum atomic E-state index is 12.8. The molecule has 0 unspecified atom stereocenters. The third-order valence-corrected chi connectivity index (χ3v) is 6.18. The molecule has 7 nitrogen and oxygen atoms in total. The smallest absolute Gasteiger partial charge is 0.303 e. The summed E-state index contributed by atoms with van der Waals surface area (Å²) in [5.41, 5.74) is 5.53. The first-order valence-corrected chi connectivity index (χ1v) is 9.21. The Kier molecular flexibility index (Phi) is 7.47. The minimum atomic E-state index is -4.07. The van der Waals surface area contributed by atoms with Crippen LogP contribution >= 0.6 is 23.2 Å². The number of nitrogens with zero attached hydrogens (tertiary/aromatic N) is 1. The zero-order valence-corrected chi connectivity index (χ0v) is 15.3. The summed E-state index contributed by atoms with van der Waals surface area (Å²) in [5.74, 6) is -1.80. The fourth-order valence-corrected chi connectivity index (χ4v) is 4.22. The number of benzene rings is 1. The Morgan fingerprint density at radius 1 is 1.25 bits per heavy atom. The number of carboxylic acids is 1. The van der Waals surface area contributed by atoms with E-state index in [4.69, 9.17) is 34.0 Å². The number of sulfonamides is 1. The molecule has 10 heteroatoms. The molecular formula is C14H18Cl2N2O5S. The van der Waals surface area contributed by atoms with E-state index >= 15 is 0 Å². The van der Waals surface area contributed by atoms with E-state index in [0.29, 0.717) is 10.6 Å². The van der Waals surface area contributed by atoms with Gasteiger partial charge < -0.3 is 10.8 Å². The van der Waals surface area contributed by atoms with Gasteiger partial charge in [0.05, 0.1) is 11.6 Å². The summed E-state index contributed by atoms with van der Waals surface area (Å²) in [6.07, 6.45) is 0.446. The molecule has 0 aliphatic heterocycles. The van der Waals surface area contributed by atoms with Crippen LogP contribution in [0.4, 0.5) is 0 Å². The monoisotopic (exact) mass is 396 g/mol. The number of amides is 1. The maximum absolute atomic E-state index is 12.8. The number of nitrogens with two attached hydrogens (primary N) is 1. The Labute approximate surface area is 150 Å². The molecule has 0 saturated heterocycles. The van der Waals surface area contributed by atoms with Gasteiger partial charge in [-0.2, -0.15) is 4.31 Å². The zero-order valence-electron chi connectivity index (χ0n) is 13.0. The first-order valence-electron chi connectivity index (χ1n) is 7.02. The van der Waals surface area contributed by atoms with Gasteiger partial charge in [-0.1, -0.05) is 23.2 Å². The van der Waals surface area contributed by atoms with Crippen molar-refractivity contribution in [2.24, 2.45) is 5.73 Å². The summed E-state index contributed by atoms with van der Waals surface area (Å²) >= 11 is 12.0. The molecule has 0 atom stereocenters. The summed E-state index contributed by atoms with van der Waals surface area (Å²) in [6.45, 7) is 1.01. The van der Waals surface area contributed by atoms with Gasteiger partial charge in [0.1, 0.15) is 4.90 Å². The quantitative estimate of drug-likeness (QED) is 0.619. The van der Waals surface area contributed by atoms with Crippen molar-refractivity contribution in [2.75, 3.05) is 13.1 Å². The molecule has 24 heavy (non-hydrogen) atoms. The standard InChI is InChI=1S/C14H18Cl2N2O5S/c1-9-10(15)5-6-11(14(9)16)24(22,23)18(8-12(17)19)7-3-2-4-13(20)21/h5-6H,2-4,7-8H2,1H3,(H2,17,19)(H,20,21). The number of carbonyl (C=O) groups excluding carboxylic acids is 1. The fourth-order valence-electron chi connectivity index (χ4n) is 2.00. The van der Waals surface area contributed by atoms with Crippen LogP contribution in [0.15, 0.2) is 17.0 Å². The van der Waals surface area contributed by atoms with E-state index in [1.165, 1.54) is 12.1 Å². The SMILES string of the molecule is Cc1c(Cl)ccc(S(=O)(=O)N(CCCCC(=O)O)CC(N)=O)c1Cl. The minimum absolute atomic E-state index is 0.0255. The number of carboxylic acid groups (broad SMARTS) is 1. The molecular weight excluding hydrogens is 379 g/mol. The van der Waals surface area contributed by atoms with Gasteiger partial charge in [0, 0.05) is 18.0 Å². The number of unbranched alkanes of at least 4 members (excludes halogenated alkanes) is 1. The molecule has 0 aromatic heterocycles. The molecule has 0 fully saturated rings. The van der Waals surface area contributed by atoms with Crippen LogP contribution in [0.5, 0.6) is 0 Å². The minimum Gasteiger partial charge on any atom is -0.481 e. The first-order chi connectivity index (χ1) is 11.1. The van der Waals surface area contributed by atoms with Crippen molar-refractivity contribution in [3.8, 4) is 0 Å². The van der Waals surface area contributed by atoms with E-state index in [2.05, 4.69) is 0 Å². The third kappa shape index (κ3) is 5.34. The van der Waals surface area contributed by atoms with Gasteiger partial charge in [-0.3, -0.25) is 9.59 Å². The van der Waals surface area contributed by atoms with Crippen LogP contribution in [-0.4, -0.2) is 42.8 Å². The van der Waals surface area contributed by atoms with Gasteiger partial charge in [0.2, 0.25) is 15.9 Å². The fraction of sp³-hybridized carbons (Fsp3) is 0.429. The molecule has 0 heterocycles. The Morgan fingerprint density at radius 3 is 2.42 bits per heavy atom. The van der Waals surface area contributed by atoms with Crippen molar-refractivity contribution >= 4 is 45.1 Å². The average molecular weight is 397 g/mol. The normalized spacial score (nSPS) is 11.7. The lowest BCUT2D eigenvalue weighted by Gasteiger charge is -2.22. The van der Waals surface area contributed by atoms with Gasteiger partial charge in [0.15, 0.2) is 0 Å². The maximum Gasteiger partial charge on any atom is 0.303 e. The van der Waals surface area contributed by atoms with Crippen molar-refractivity contribution in [3.63, 3.8) is 0 Å². The molecule has 134 valence electrons. The van der Waals surface area contributed by atoms with Gasteiger partial charge >= 0.3 is 5.97 Å². The van der Waals surface area contributed by atoms with Crippen LogP contribution in [0.2, 0.25) is 10.0 Å². The molecule has 1 rings (SSSR count). The summed E-state index contributed by atoms with van der Waals surface area (Å²) in [5, 5.41) is 8.91. The second-order valence-corrected chi connectivity index (χ2v) is 7.83. The van der Waals surface area contributed by atoms with Gasteiger partial charge in [0.25, 0.3) is 0 Å². The topological polar surface area (TPSA) is 118 Å². The summed E-state index contributed by atoms with van der Waals surface area (Å²) in [6, 6.07) is 2.67. The molecule has 0 aliphatic rings. The van der Waals surface area contributed by atoms with E-state index in [9.17, 15) is 18.0 Å². The number of primary amides is 1. The molecule has 0 saturated carbocycles. The van der Waals surface area contributed by atoms with Crippen LogP contribution < -0.4 is 5.73 Å². The number of aliphatic carboxylic acids is 1. The van der Waals surface area contributed by atoms with Crippen molar-refractivity contribution in [3.05, 3.63) is 27.7 Å². The highest BCUT2D eigenvalue weighted by Gasteiger charge is 2.28. The van der Waals surface area contributed by atoms with Gasteiger partial charge in [-0.05, 0) is 37.5 Å². The third-order valence-electron chi connectivity index (χ3n) is 3.28. The number of carbonyl (C=O) groups is 2. The Morgan fingerprint density at radius 2 is 1.88 bits per heavy atom. The van der Waals surface area contributed by atoms with E-state index in [1.54, 1.807) is 6.92 Å². The lowest BCUT2D eigenvalue weighted by Crippen LogP contribution is -2.39. The average Bonchev–Trinajstić information content (AvgIpc) is 2.47. The molecule has 1 amide bonds. The van der Waals surface area contributed by atoms with Crippen LogP contribution in [0.3, 0.4) is 0 Å². The lowest BCUT2D eigenvalue weighted by molar-refractivity contribution is -0.137. The summed E-state index contributed by atoms with van der Waals surface area (Å²) in [7, 11) is -4.07. The van der Waals surface area contributed by atoms with E-state index < -0.39 is 28.4 Å². The second kappa shape index (κ2) is 8.66. The van der Waals surface area contributed by atoms with Crippen molar-refractivity contribution in [1.82, 2.24) is 4.31 Å². The number of hydrogen-bond donors (Lipinski definition) is 2. The van der Waals surface area contributed by atoms with Gasteiger partial charge in [-0.25, -0.2) is 8.42 Å². The molecule has 0 spiro atoms. The number of rotatable bonds is 9. The summed E-state index contributed by atoms with van der Waals surface area (Å²) in [4.78, 5) is 21.5. The Hall–Kier alpha value is -1.35.